The summed E-state index contributed by atoms with van der Waals surface area (Å²) in [5.74, 6) is 0.0253. The predicted molar refractivity (Wildman–Crippen MR) is 109 cm³/mol. The minimum atomic E-state index is -0.897. The molecular formula is C17H27Br2NO3Si. The first-order chi connectivity index (χ1) is 11.1. The second-order valence-electron chi connectivity index (χ2n) is 6.93. The SMILES string of the molecule is CCCC(O)C1=CC(=C(Br)Br)CC1=O.C[Si](C)(C)CCCN=C=O. The van der Waals surface area contributed by atoms with Gasteiger partial charge in [0.05, 0.1) is 16.0 Å². The minimum Gasteiger partial charge on any atom is -0.388 e. The van der Waals surface area contributed by atoms with Gasteiger partial charge in [0.25, 0.3) is 0 Å². The van der Waals surface area contributed by atoms with Crippen molar-refractivity contribution in [3.63, 3.8) is 0 Å². The molecule has 0 spiro atoms. The van der Waals surface area contributed by atoms with E-state index in [2.05, 4.69) is 56.5 Å². The Morgan fingerprint density at radius 3 is 2.46 bits per heavy atom. The van der Waals surface area contributed by atoms with Crippen molar-refractivity contribution in [3.8, 4) is 0 Å². The van der Waals surface area contributed by atoms with Gasteiger partial charge in [-0.25, -0.2) is 9.79 Å². The average Bonchev–Trinajstić information content (AvgIpc) is 2.86. The molecule has 0 saturated carbocycles. The maximum atomic E-state index is 11.5. The van der Waals surface area contributed by atoms with E-state index in [4.69, 9.17) is 0 Å². The maximum absolute atomic E-state index is 11.5. The van der Waals surface area contributed by atoms with Gasteiger partial charge in [0.1, 0.15) is 0 Å². The Morgan fingerprint density at radius 2 is 2.04 bits per heavy atom. The van der Waals surface area contributed by atoms with Crippen LogP contribution in [0.25, 0.3) is 0 Å². The smallest absolute Gasteiger partial charge is 0.234 e. The van der Waals surface area contributed by atoms with Crippen molar-refractivity contribution in [3.05, 3.63) is 20.6 Å². The summed E-state index contributed by atoms with van der Waals surface area (Å²) in [5.41, 5.74) is 1.44. The second-order valence-corrected chi connectivity index (χ2v) is 15.2. The third-order valence-electron chi connectivity index (χ3n) is 3.43. The Bertz CT molecular complexity index is 528. The summed E-state index contributed by atoms with van der Waals surface area (Å²) in [6.07, 6.45) is 5.65. The summed E-state index contributed by atoms with van der Waals surface area (Å²) in [4.78, 5) is 24.6. The molecule has 0 aliphatic heterocycles. The highest BCUT2D eigenvalue weighted by atomic mass is 79.9. The summed E-state index contributed by atoms with van der Waals surface area (Å²) in [6.45, 7) is 9.60. The second kappa shape index (κ2) is 12.1. The number of halogens is 2. The van der Waals surface area contributed by atoms with Crippen LogP contribution in [0.1, 0.15) is 32.6 Å². The van der Waals surface area contributed by atoms with Crippen LogP contribution in [0.3, 0.4) is 0 Å². The van der Waals surface area contributed by atoms with Crippen LogP contribution in [0.15, 0.2) is 25.6 Å². The molecule has 0 aromatic heterocycles. The van der Waals surface area contributed by atoms with Gasteiger partial charge in [0.15, 0.2) is 5.78 Å². The van der Waals surface area contributed by atoms with Gasteiger partial charge in [-0.1, -0.05) is 39.0 Å². The molecule has 0 amide bonds. The molecule has 1 N–H and O–H groups in total. The third kappa shape index (κ3) is 10.5. The molecule has 1 atom stereocenters. The number of aliphatic hydroxyl groups is 1. The van der Waals surface area contributed by atoms with E-state index in [9.17, 15) is 14.7 Å². The number of aliphatic imine (C=N–C) groups is 1. The molecule has 1 rings (SSSR count). The third-order valence-corrected chi connectivity index (χ3v) is 6.30. The zero-order valence-corrected chi connectivity index (χ0v) is 19.0. The standard InChI is InChI=1S/C10H12Br2O2.C7H15NOSi/c1-2-3-8(13)7-4-6(10(11)12)5-9(7)14;1-10(2,3)6-4-5-8-7-9/h4,8,13H,2-3,5H2,1H3;4-6H2,1-3H3. The van der Waals surface area contributed by atoms with Crippen LogP contribution >= 0.6 is 31.9 Å². The van der Waals surface area contributed by atoms with Crippen molar-refractivity contribution in [2.24, 2.45) is 4.99 Å². The summed E-state index contributed by atoms with van der Waals surface area (Å²) in [5, 5.41) is 9.68. The molecule has 0 heterocycles. The van der Waals surface area contributed by atoms with Crippen molar-refractivity contribution in [2.75, 3.05) is 6.54 Å². The van der Waals surface area contributed by atoms with Crippen molar-refractivity contribution in [1.29, 1.82) is 0 Å². The highest BCUT2D eigenvalue weighted by Crippen LogP contribution is 2.31. The van der Waals surface area contributed by atoms with Crippen LogP contribution in [0, 0.1) is 0 Å². The van der Waals surface area contributed by atoms with Crippen LogP contribution < -0.4 is 0 Å². The number of carbonyl (C=O) groups is 1. The molecule has 1 unspecified atom stereocenters. The Labute approximate surface area is 162 Å². The van der Waals surface area contributed by atoms with Crippen molar-refractivity contribution in [1.82, 2.24) is 0 Å². The molecule has 0 bridgehead atoms. The summed E-state index contributed by atoms with van der Waals surface area (Å²) in [7, 11) is -0.897. The monoisotopic (exact) mass is 479 g/mol. The van der Waals surface area contributed by atoms with E-state index in [-0.39, 0.29) is 5.78 Å². The predicted octanol–water partition coefficient (Wildman–Crippen LogP) is 5.10. The number of allylic oxidation sites excluding steroid dienone is 2. The van der Waals surface area contributed by atoms with Crippen LogP contribution in [-0.2, 0) is 9.59 Å². The fourth-order valence-electron chi connectivity index (χ4n) is 2.16. The lowest BCUT2D eigenvalue weighted by atomic mass is 10.0. The van der Waals surface area contributed by atoms with Gasteiger partial charge < -0.3 is 5.11 Å². The fourth-order valence-corrected chi connectivity index (χ4v) is 3.89. The number of isocyanates is 1. The van der Waals surface area contributed by atoms with Crippen molar-refractivity contribution in [2.45, 2.75) is 64.4 Å². The molecule has 4 nitrogen and oxygen atoms in total. The molecular weight excluding hydrogens is 454 g/mol. The van der Waals surface area contributed by atoms with Gasteiger partial charge >= 0.3 is 0 Å². The van der Waals surface area contributed by atoms with Gasteiger partial charge in [-0.05, 0) is 56.4 Å². The normalized spacial score (nSPS) is 15.2. The number of nitrogens with zero attached hydrogens (tertiary/aromatic N) is 1. The number of rotatable bonds is 7. The lowest BCUT2D eigenvalue weighted by Gasteiger charge is -2.13. The first-order valence-corrected chi connectivity index (χ1v) is 13.4. The summed E-state index contributed by atoms with van der Waals surface area (Å²) >= 11 is 6.52. The lowest BCUT2D eigenvalue weighted by molar-refractivity contribution is -0.115. The minimum absolute atomic E-state index is 0.0253. The molecule has 0 fully saturated rings. The van der Waals surface area contributed by atoms with E-state index in [0.717, 1.165) is 21.8 Å². The first-order valence-electron chi connectivity index (χ1n) is 8.13. The fraction of sp³-hybridized carbons (Fsp3) is 0.647. The number of Topliss-reactive ketones (excluding diaryl/α,β-unsaturated/α-hetero) is 1. The number of hydrogen-bond acceptors (Lipinski definition) is 4. The largest absolute Gasteiger partial charge is 0.388 e. The molecule has 0 aromatic carbocycles. The quantitative estimate of drug-likeness (QED) is 0.238. The van der Waals surface area contributed by atoms with E-state index < -0.39 is 14.2 Å². The Balaban J connectivity index is 0.000000470. The van der Waals surface area contributed by atoms with E-state index >= 15 is 0 Å². The first kappa shape index (κ1) is 23.7. The van der Waals surface area contributed by atoms with Crippen LogP contribution in [0.4, 0.5) is 0 Å². The van der Waals surface area contributed by atoms with Gasteiger partial charge in [0, 0.05) is 20.1 Å². The van der Waals surface area contributed by atoms with Gasteiger partial charge in [-0.3, -0.25) is 4.79 Å². The molecule has 0 aromatic rings. The van der Waals surface area contributed by atoms with Crippen LogP contribution in [0.2, 0.25) is 25.7 Å². The molecule has 1 aliphatic rings. The van der Waals surface area contributed by atoms with E-state index in [1.54, 1.807) is 12.2 Å². The molecule has 24 heavy (non-hydrogen) atoms. The van der Waals surface area contributed by atoms with E-state index in [0.29, 0.717) is 25.0 Å². The Morgan fingerprint density at radius 1 is 1.42 bits per heavy atom. The number of aliphatic hydroxyl groups excluding tert-OH is 1. The Kier molecular flexibility index (Phi) is 11.9. The molecule has 0 radical (unpaired) electrons. The summed E-state index contributed by atoms with van der Waals surface area (Å²) < 4.78 is 0.789. The highest BCUT2D eigenvalue weighted by Gasteiger charge is 2.25. The lowest BCUT2D eigenvalue weighted by Crippen LogP contribution is -2.18. The van der Waals surface area contributed by atoms with Crippen molar-refractivity contribution < 1.29 is 14.7 Å². The summed E-state index contributed by atoms with van der Waals surface area (Å²) in [6, 6.07) is 1.25. The molecule has 0 saturated heterocycles. The number of hydrogen-bond donors (Lipinski definition) is 1. The van der Waals surface area contributed by atoms with Gasteiger partial charge in [-0.15, -0.1) is 0 Å². The van der Waals surface area contributed by atoms with E-state index in [1.807, 2.05) is 6.92 Å². The molecule has 136 valence electrons. The molecule has 7 heteroatoms. The average molecular weight is 481 g/mol. The van der Waals surface area contributed by atoms with Crippen molar-refractivity contribution >= 4 is 51.8 Å². The number of ketones is 1. The zero-order valence-electron chi connectivity index (χ0n) is 14.9. The maximum Gasteiger partial charge on any atom is 0.234 e. The number of carbonyl (C=O) groups excluding carboxylic acids is 2. The molecule has 1 aliphatic carbocycles. The van der Waals surface area contributed by atoms with Gasteiger partial charge in [0.2, 0.25) is 6.08 Å². The topological polar surface area (TPSA) is 66.7 Å². The van der Waals surface area contributed by atoms with Crippen LogP contribution in [0.5, 0.6) is 0 Å². The van der Waals surface area contributed by atoms with E-state index in [1.165, 1.54) is 6.04 Å². The highest BCUT2D eigenvalue weighted by molar-refractivity contribution is 9.28. The van der Waals surface area contributed by atoms with Gasteiger partial charge in [-0.2, -0.15) is 0 Å². The zero-order chi connectivity index (χ0) is 18.8. The van der Waals surface area contributed by atoms with Crippen LogP contribution in [-0.4, -0.2) is 37.7 Å². The Hall–Kier alpha value is -0.333.